The molecule has 2 N–H and O–H groups in total. The number of amides is 2. The zero-order valence-electron chi connectivity index (χ0n) is 15.8. The van der Waals surface area contributed by atoms with E-state index in [2.05, 4.69) is 39.9 Å². The minimum Gasteiger partial charge on any atom is -0.335 e. The fraction of sp³-hybridized carbons (Fsp3) is 0.545. The molecule has 0 aliphatic heterocycles. The van der Waals surface area contributed by atoms with Crippen molar-refractivity contribution in [2.45, 2.75) is 51.1 Å². The zero-order valence-corrected chi connectivity index (χ0v) is 15.8. The first-order valence-electron chi connectivity index (χ1n) is 10.3. The van der Waals surface area contributed by atoms with Crippen LogP contribution in [0.2, 0.25) is 0 Å². The smallest absolute Gasteiger partial charge is 0.315 e. The second-order valence-corrected chi connectivity index (χ2v) is 8.66. The summed E-state index contributed by atoms with van der Waals surface area (Å²) >= 11 is 0. The lowest BCUT2D eigenvalue weighted by Crippen LogP contribution is -2.47. The van der Waals surface area contributed by atoms with Crippen molar-refractivity contribution in [3.63, 3.8) is 0 Å². The number of aromatic nitrogens is 2. The van der Waals surface area contributed by atoms with Crippen LogP contribution in [0.25, 0.3) is 5.69 Å². The Morgan fingerprint density at radius 1 is 1.15 bits per heavy atom. The van der Waals surface area contributed by atoms with Gasteiger partial charge in [-0.25, -0.2) is 9.78 Å². The van der Waals surface area contributed by atoms with E-state index in [4.69, 9.17) is 0 Å². The van der Waals surface area contributed by atoms with Gasteiger partial charge in [-0.05, 0) is 74.0 Å². The predicted octanol–water partition coefficient (Wildman–Crippen LogP) is 4.06. The van der Waals surface area contributed by atoms with Crippen LogP contribution in [0.1, 0.15) is 50.6 Å². The Balaban J connectivity index is 1.18. The molecule has 0 unspecified atom stereocenters. The van der Waals surface area contributed by atoms with Crippen LogP contribution in [0.5, 0.6) is 0 Å². The molecule has 3 saturated carbocycles. The third-order valence-corrected chi connectivity index (χ3v) is 7.29. The number of urea groups is 1. The molecule has 3 aliphatic carbocycles. The quantitative estimate of drug-likeness (QED) is 0.860. The first kappa shape index (κ1) is 16.8. The molecule has 3 aliphatic rings. The van der Waals surface area contributed by atoms with Crippen LogP contribution in [-0.4, -0.2) is 21.6 Å². The Bertz CT molecular complexity index is 800. The van der Waals surface area contributed by atoms with E-state index in [1.54, 1.807) is 12.5 Å². The lowest BCUT2D eigenvalue weighted by atomic mass is 9.79. The van der Waals surface area contributed by atoms with Crippen LogP contribution in [0.3, 0.4) is 0 Å². The summed E-state index contributed by atoms with van der Waals surface area (Å²) < 4.78 is 1.97. The first-order valence-corrected chi connectivity index (χ1v) is 10.3. The molecule has 1 heterocycles. The summed E-state index contributed by atoms with van der Waals surface area (Å²) in [5.74, 6) is 3.42. The molecule has 1 aromatic heterocycles. The van der Waals surface area contributed by atoms with Gasteiger partial charge >= 0.3 is 6.03 Å². The molecular formula is C22H28N4O. The third-order valence-electron chi connectivity index (χ3n) is 7.29. The van der Waals surface area contributed by atoms with Gasteiger partial charge in [-0.2, -0.15) is 0 Å². The van der Waals surface area contributed by atoms with Crippen molar-refractivity contribution >= 4 is 6.03 Å². The molecule has 5 nitrogen and oxygen atoms in total. The average molecular weight is 364 g/mol. The third kappa shape index (κ3) is 3.03. The molecule has 2 aromatic rings. The minimum atomic E-state index is -0.0201. The van der Waals surface area contributed by atoms with E-state index in [0.717, 1.165) is 34.9 Å². The summed E-state index contributed by atoms with van der Waals surface area (Å²) in [5, 5.41) is 6.42. The normalized spacial score (nSPS) is 32.3. The first-order chi connectivity index (χ1) is 13.2. The highest BCUT2D eigenvalue weighted by atomic mass is 16.2. The van der Waals surface area contributed by atoms with E-state index in [9.17, 15) is 4.79 Å². The van der Waals surface area contributed by atoms with Gasteiger partial charge in [-0.1, -0.05) is 18.6 Å². The number of rotatable bonds is 4. The van der Waals surface area contributed by atoms with Gasteiger partial charge < -0.3 is 15.2 Å². The van der Waals surface area contributed by atoms with Gasteiger partial charge in [0.15, 0.2) is 0 Å². The van der Waals surface area contributed by atoms with Crippen LogP contribution in [0.15, 0.2) is 43.0 Å². The summed E-state index contributed by atoms with van der Waals surface area (Å²) in [7, 11) is 0. The molecule has 2 bridgehead atoms. The zero-order chi connectivity index (χ0) is 18.4. The summed E-state index contributed by atoms with van der Waals surface area (Å²) in [4.78, 5) is 16.6. The number of nitrogens with zero attached hydrogens (tertiary/aromatic N) is 2. The predicted molar refractivity (Wildman–Crippen MR) is 104 cm³/mol. The molecular weight excluding hydrogens is 336 g/mol. The molecule has 1 aromatic carbocycles. The number of carbonyl (C=O) groups is 1. The Morgan fingerprint density at radius 2 is 1.96 bits per heavy atom. The van der Waals surface area contributed by atoms with Gasteiger partial charge in [0.1, 0.15) is 0 Å². The fourth-order valence-corrected chi connectivity index (χ4v) is 6.07. The fourth-order valence-electron chi connectivity index (χ4n) is 6.07. The van der Waals surface area contributed by atoms with Crippen molar-refractivity contribution in [3.05, 3.63) is 48.5 Å². The molecule has 5 heteroatoms. The van der Waals surface area contributed by atoms with Crippen LogP contribution in [-0.2, 0) is 0 Å². The lowest BCUT2D eigenvalue weighted by Gasteiger charge is -2.32. The largest absolute Gasteiger partial charge is 0.335 e. The second-order valence-electron chi connectivity index (χ2n) is 8.66. The van der Waals surface area contributed by atoms with Gasteiger partial charge in [0.25, 0.3) is 0 Å². The standard InChI is InChI=1S/C22H28N4O/c1-14(15-5-7-17(8-6-15)26-10-9-23-13-26)24-22(27)25-21-12-16-11-20(21)19-4-2-3-18(16)19/h5-10,13-14,16,18-21H,2-4,11-12H2,1H3,(H2,24,25,27)/t14-,16+,18-,19-,20-,21+/m0/s1. The maximum absolute atomic E-state index is 12.6. The Hall–Kier alpha value is -2.30. The maximum Gasteiger partial charge on any atom is 0.315 e. The van der Waals surface area contributed by atoms with Crippen molar-refractivity contribution in [3.8, 4) is 5.69 Å². The number of benzene rings is 1. The summed E-state index contributed by atoms with van der Waals surface area (Å²) in [6.07, 6.45) is 12.2. The summed E-state index contributed by atoms with van der Waals surface area (Å²) in [6, 6.07) is 8.60. The lowest BCUT2D eigenvalue weighted by molar-refractivity contribution is 0.196. The topological polar surface area (TPSA) is 59.0 Å². The highest BCUT2D eigenvalue weighted by molar-refractivity contribution is 5.75. The van der Waals surface area contributed by atoms with E-state index in [1.807, 2.05) is 17.7 Å². The van der Waals surface area contributed by atoms with Crippen LogP contribution in [0.4, 0.5) is 4.79 Å². The van der Waals surface area contributed by atoms with Gasteiger partial charge in [0.05, 0.1) is 12.4 Å². The number of imidazole rings is 1. The Kier molecular flexibility index (Phi) is 4.18. The van der Waals surface area contributed by atoms with Crippen molar-refractivity contribution < 1.29 is 4.79 Å². The molecule has 3 fully saturated rings. The van der Waals surface area contributed by atoms with Crippen LogP contribution < -0.4 is 10.6 Å². The SMILES string of the molecule is C[C@H](NC(=O)N[C@@H]1C[C@H]2C[C@H]1[C@H]1CCC[C@@H]21)c1ccc(-n2ccnc2)cc1. The van der Waals surface area contributed by atoms with Crippen molar-refractivity contribution in [1.29, 1.82) is 0 Å². The Morgan fingerprint density at radius 3 is 2.74 bits per heavy atom. The summed E-state index contributed by atoms with van der Waals surface area (Å²) in [5.41, 5.74) is 2.18. The number of hydrogen-bond acceptors (Lipinski definition) is 2. The number of carbonyl (C=O) groups excluding carboxylic acids is 1. The van der Waals surface area contributed by atoms with Crippen LogP contribution in [0, 0.1) is 23.7 Å². The van der Waals surface area contributed by atoms with Gasteiger partial charge in [-0.15, -0.1) is 0 Å². The maximum atomic E-state index is 12.6. The van der Waals surface area contributed by atoms with Gasteiger partial charge in [0.2, 0.25) is 0 Å². The number of fused-ring (bicyclic) bond motifs is 5. The highest BCUT2D eigenvalue weighted by Gasteiger charge is 2.54. The van der Waals surface area contributed by atoms with Gasteiger partial charge in [0, 0.05) is 24.1 Å². The molecule has 0 saturated heterocycles. The van der Waals surface area contributed by atoms with Crippen molar-refractivity contribution in [2.75, 3.05) is 0 Å². The molecule has 5 rings (SSSR count). The van der Waals surface area contributed by atoms with E-state index >= 15 is 0 Å². The van der Waals surface area contributed by atoms with E-state index < -0.39 is 0 Å². The molecule has 6 atom stereocenters. The average Bonchev–Trinajstić information content (AvgIpc) is 3.43. The van der Waals surface area contributed by atoms with Gasteiger partial charge in [-0.3, -0.25) is 0 Å². The van der Waals surface area contributed by atoms with E-state index in [-0.39, 0.29) is 12.1 Å². The number of nitrogens with one attached hydrogen (secondary N) is 2. The molecule has 27 heavy (non-hydrogen) atoms. The van der Waals surface area contributed by atoms with Crippen molar-refractivity contribution in [1.82, 2.24) is 20.2 Å². The molecule has 0 spiro atoms. The highest BCUT2D eigenvalue weighted by Crippen LogP contribution is 2.58. The molecule has 0 radical (unpaired) electrons. The number of hydrogen-bond donors (Lipinski definition) is 2. The monoisotopic (exact) mass is 364 g/mol. The van der Waals surface area contributed by atoms with E-state index in [1.165, 1.54) is 32.1 Å². The molecule has 142 valence electrons. The van der Waals surface area contributed by atoms with Crippen LogP contribution >= 0.6 is 0 Å². The van der Waals surface area contributed by atoms with Crippen molar-refractivity contribution in [2.24, 2.45) is 23.7 Å². The summed E-state index contributed by atoms with van der Waals surface area (Å²) in [6.45, 7) is 2.04. The second kappa shape index (κ2) is 6.70. The Labute approximate surface area is 160 Å². The van der Waals surface area contributed by atoms with E-state index in [0.29, 0.717) is 6.04 Å². The minimum absolute atomic E-state index is 0.0142. The molecule has 2 amide bonds.